The fraction of sp³-hybridized carbons (Fsp3) is 0.235. The molecular formula is C17H20FNO3P2. The fourth-order valence-electron chi connectivity index (χ4n) is 2.45. The van der Waals surface area contributed by atoms with Crippen LogP contribution < -0.4 is 9.82 Å². The molecule has 0 aliphatic carbocycles. The van der Waals surface area contributed by atoms with Crippen molar-refractivity contribution in [3.05, 3.63) is 53.8 Å². The third-order valence-electron chi connectivity index (χ3n) is 3.69. The van der Waals surface area contributed by atoms with Gasteiger partial charge in [0.25, 0.3) is 0 Å². The zero-order valence-corrected chi connectivity index (χ0v) is 15.6. The van der Waals surface area contributed by atoms with Gasteiger partial charge in [-0.3, -0.25) is 9.88 Å². The average molecular weight is 367 g/mol. The molecule has 128 valence electrons. The summed E-state index contributed by atoms with van der Waals surface area (Å²) in [5, 5.41) is 3.02. The second-order valence-electron chi connectivity index (χ2n) is 5.30. The van der Waals surface area contributed by atoms with Crippen LogP contribution in [-0.2, 0) is 15.7 Å². The zero-order valence-electron chi connectivity index (χ0n) is 13.3. The van der Waals surface area contributed by atoms with Gasteiger partial charge >= 0.3 is 5.97 Å². The van der Waals surface area contributed by atoms with E-state index < -0.39 is 0 Å². The van der Waals surface area contributed by atoms with Crippen molar-refractivity contribution in [2.45, 2.75) is 18.9 Å². The molecule has 0 fully saturated rings. The molecule has 2 aromatic rings. The number of ether oxygens (including phenoxy) is 1. The Bertz CT molecular complexity index is 695. The van der Waals surface area contributed by atoms with Gasteiger partial charge in [-0.2, -0.15) is 0 Å². The first-order chi connectivity index (χ1) is 11.6. The SMILES string of the molecule is COc1ccc(F)cc1-c1ccc(CC(CC(=O)OP)NP)cc1. The predicted molar refractivity (Wildman–Crippen MR) is 99.1 cm³/mol. The lowest BCUT2D eigenvalue weighted by atomic mass is 9.99. The Labute approximate surface area is 145 Å². The van der Waals surface area contributed by atoms with E-state index in [9.17, 15) is 9.18 Å². The van der Waals surface area contributed by atoms with Crippen LogP contribution in [0.4, 0.5) is 4.39 Å². The molecule has 0 aliphatic rings. The Balaban J connectivity index is 2.16. The highest BCUT2D eigenvalue weighted by atomic mass is 31.0. The molecule has 3 atom stereocenters. The van der Waals surface area contributed by atoms with E-state index in [1.807, 2.05) is 33.7 Å². The summed E-state index contributed by atoms with van der Waals surface area (Å²) in [4.78, 5) is 11.4. The summed E-state index contributed by atoms with van der Waals surface area (Å²) in [5.74, 6) is 0.0241. The molecule has 1 N–H and O–H groups in total. The van der Waals surface area contributed by atoms with E-state index in [4.69, 9.17) is 4.74 Å². The number of nitrogens with one attached hydrogen (secondary N) is 1. The van der Waals surface area contributed by atoms with Crippen LogP contribution >= 0.6 is 18.9 Å². The molecule has 0 aliphatic heterocycles. The van der Waals surface area contributed by atoms with Crippen molar-refractivity contribution in [1.29, 1.82) is 0 Å². The van der Waals surface area contributed by atoms with Gasteiger partial charge in [-0.1, -0.05) is 33.7 Å². The lowest BCUT2D eigenvalue weighted by molar-refractivity contribution is -0.133. The van der Waals surface area contributed by atoms with E-state index in [0.717, 1.165) is 11.1 Å². The molecule has 0 heterocycles. The third kappa shape index (κ3) is 4.98. The minimum atomic E-state index is -0.307. The molecule has 0 radical (unpaired) electrons. The number of halogens is 1. The largest absolute Gasteiger partial charge is 0.496 e. The first-order valence-corrected chi connectivity index (χ1v) is 8.40. The van der Waals surface area contributed by atoms with Crippen molar-refractivity contribution < 1.29 is 18.4 Å². The summed E-state index contributed by atoms with van der Waals surface area (Å²) in [6.45, 7) is 0. The van der Waals surface area contributed by atoms with E-state index >= 15 is 0 Å². The number of rotatable bonds is 7. The second-order valence-corrected chi connectivity index (χ2v) is 5.87. The monoisotopic (exact) mass is 367 g/mol. The predicted octanol–water partition coefficient (Wildman–Crippen LogP) is 3.52. The molecule has 0 spiro atoms. The maximum Gasteiger partial charge on any atom is 0.309 e. The van der Waals surface area contributed by atoms with Gasteiger partial charge in [-0.05, 0) is 35.7 Å². The molecule has 2 aromatic carbocycles. The van der Waals surface area contributed by atoms with Crippen molar-refractivity contribution in [3.8, 4) is 16.9 Å². The van der Waals surface area contributed by atoms with E-state index in [-0.39, 0.29) is 24.2 Å². The number of hydrogen-bond acceptors (Lipinski definition) is 4. The zero-order chi connectivity index (χ0) is 17.5. The number of benzene rings is 2. The average Bonchev–Trinajstić information content (AvgIpc) is 2.61. The van der Waals surface area contributed by atoms with Gasteiger partial charge < -0.3 is 9.26 Å². The standard InChI is InChI=1S/C17H20FNO3P2/c1-21-16-7-6-13(18)9-15(16)12-4-2-11(3-5-12)8-14(19-23)10-17(20)22-24/h2-7,9,14,19H,8,10,23-24H2,1H3. The molecule has 2 rings (SSSR count). The van der Waals surface area contributed by atoms with Crippen LogP contribution in [0.1, 0.15) is 12.0 Å². The maximum absolute atomic E-state index is 13.5. The van der Waals surface area contributed by atoms with E-state index in [2.05, 4.69) is 19.0 Å². The third-order valence-corrected chi connectivity index (χ3v) is 4.42. The minimum absolute atomic E-state index is 0.0439. The molecule has 0 aromatic heterocycles. The van der Waals surface area contributed by atoms with Gasteiger partial charge in [-0.15, -0.1) is 0 Å². The molecule has 0 amide bonds. The van der Waals surface area contributed by atoms with E-state index in [0.29, 0.717) is 17.7 Å². The molecule has 0 saturated carbocycles. The Morgan fingerprint density at radius 3 is 2.54 bits per heavy atom. The van der Waals surface area contributed by atoms with Gasteiger partial charge in [0.1, 0.15) is 11.6 Å². The molecule has 0 bridgehead atoms. The van der Waals surface area contributed by atoms with Crippen molar-refractivity contribution in [3.63, 3.8) is 0 Å². The second kappa shape index (κ2) is 9.08. The Morgan fingerprint density at radius 2 is 1.96 bits per heavy atom. The number of methoxy groups -OCH3 is 1. The molecule has 0 saturated heterocycles. The first-order valence-electron chi connectivity index (χ1n) is 7.36. The lowest BCUT2D eigenvalue weighted by Gasteiger charge is -2.15. The smallest absolute Gasteiger partial charge is 0.309 e. The van der Waals surface area contributed by atoms with E-state index in [1.54, 1.807) is 13.2 Å². The number of hydrogen-bond donors (Lipinski definition) is 1. The van der Waals surface area contributed by atoms with Crippen molar-refractivity contribution >= 4 is 24.8 Å². The highest BCUT2D eigenvalue weighted by Crippen LogP contribution is 2.30. The van der Waals surface area contributed by atoms with Crippen LogP contribution in [0.2, 0.25) is 0 Å². The lowest BCUT2D eigenvalue weighted by Crippen LogP contribution is -2.26. The number of carbonyl (C=O) groups is 1. The van der Waals surface area contributed by atoms with Crippen LogP contribution in [-0.4, -0.2) is 19.1 Å². The molecular weight excluding hydrogens is 347 g/mol. The van der Waals surface area contributed by atoms with Crippen molar-refractivity contribution in [2.75, 3.05) is 7.11 Å². The fourth-order valence-corrected chi connectivity index (χ4v) is 2.78. The van der Waals surface area contributed by atoms with Crippen LogP contribution in [0.5, 0.6) is 5.75 Å². The van der Waals surface area contributed by atoms with Crippen molar-refractivity contribution in [2.24, 2.45) is 0 Å². The topological polar surface area (TPSA) is 47.6 Å². The van der Waals surface area contributed by atoms with Crippen LogP contribution in [0.3, 0.4) is 0 Å². The quantitative estimate of drug-likeness (QED) is 0.761. The molecule has 24 heavy (non-hydrogen) atoms. The summed E-state index contributed by atoms with van der Waals surface area (Å²) in [6.07, 6.45) is 0.941. The van der Waals surface area contributed by atoms with Gasteiger partial charge in [-0.25, -0.2) is 4.39 Å². The summed E-state index contributed by atoms with van der Waals surface area (Å²) < 4.78 is 23.4. The highest BCUT2D eigenvalue weighted by Gasteiger charge is 2.14. The van der Waals surface area contributed by atoms with Crippen molar-refractivity contribution in [1.82, 2.24) is 5.09 Å². The van der Waals surface area contributed by atoms with Gasteiger partial charge in [0.2, 0.25) is 0 Å². The Morgan fingerprint density at radius 1 is 1.25 bits per heavy atom. The van der Waals surface area contributed by atoms with E-state index in [1.165, 1.54) is 12.1 Å². The Hall–Kier alpha value is -1.54. The first kappa shape index (κ1) is 18.8. The normalized spacial score (nSPS) is 11.8. The molecule has 3 unspecified atom stereocenters. The van der Waals surface area contributed by atoms with Gasteiger partial charge in [0.15, 0.2) is 0 Å². The summed E-state index contributed by atoms with van der Waals surface area (Å²) >= 11 is 0. The molecule has 4 nitrogen and oxygen atoms in total. The summed E-state index contributed by atoms with van der Waals surface area (Å²) in [7, 11) is 5.94. The Kier molecular flexibility index (Phi) is 7.11. The van der Waals surface area contributed by atoms with Crippen LogP contribution in [0.15, 0.2) is 42.5 Å². The summed E-state index contributed by atoms with van der Waals surface area (Å²) in [6, 6.07) is 12.1. The van der Waals surface area contributed by atoms with Crippen LogP contribution in [0.25, 0.3) is 11.1 Å². The number of carbonyl (C=O) groups excluding carboxylic acids is 1. The van der Waals surface area contributed by atoms with Gasteiger partial charge in [0.05, 0.1) is 23.0 Å². The molecule has 7 heteroatoms. The van der Waals surface area contributed by atoms with Gasteiger partial charge in [0, 0.05) is 11.6 Å². The minimum Gasteiger partial charge on any atom is -0.496 e. The summed E-state index contributed by atoms with van der Waals surface area (Å²) in [5.41, 5.74) is 2.64. The maximum atomic E-state index is 13.5. The highest BCUT2D eigenvalue weighted by molar-refractivity contribution is 7.13. The van der Waals surface area contributed by atoms with Crippen LogP contribution in [0, 0.1) is 5.82 Å².